The van der Waals surface area contributed by atoms with Gasteiger partial charge in [0, 0.05) is 30.2 Å². The number of benzene rings is 2. The van der Waals surface area contributed by atoms with Crippen molar-refractivity contribution < 1.29 is 0 Å². The SMILES string of the molecule is C.C.CCCCc1nc(Cl)c(C(C)(C)C)n1Cc1ccc(-c2ccccc2C2=NCN=C2)cc1. The minimum atomic E-state index is -0.0724. The summed E-state index contributed by atoms with van der Waals surface area (Å²) in [6, 6.07) is 17.2. The average molecular weight is 479 g/mol. The molecule has 0 N–H and O–H groups in total. The number of aromatic nitrogens is 2. The normalized spacial score (nSPS) is 12.8. The summed E-state index contributed by atoms with van der Waals surface area (Å²) in [4.78, 5) is 13.5. The first-order valence-corrected chi connectivity index (χ1v) is 11.7. The highest BCUT2D eigenvalue weighted by molar-refractivity contribution is 6.40. The molecule has 1 aliphatic rings. The molecule has 182 valence electrons. The van der Waals surface area contributed by atoms with E-state index in [-0.39, 0.29) is 20.3 Å². The topological polar surface area (TPSA) is 42.5 Å². The molecule has 0 unspecified atom stereocenters. The lowest BCUT2D eigenvalue weighted by atomic mass is 9.92. The molecular weight excluding hydrogens is 440 g/mol. The van der Waals surface area contributed by atoms with Crippen LogP contribution in [0.3, 0.4) is 0 Å². The highest BCUT2D eigenvalue weighted by Crippen LogP contribution is 2.32. The Bertz CT molecular complexity index is 1150. The van der Waals surface area contributed by atoms with Crippen molar-refractivity contribution in [2.45, 2.75) is 73.8 Å². The van der Waals surface area contributed by atoms with Gasteiger partial charge >= 0.3 is 0 Å². The van der Waals surface area contributed by atoms with Crippen molar-refractivity contribution in [3.8, 4) is 11.1 Å². The molecular formula is C29H39ClN4. The lowest BCUT2D eigenvalue weighted by Gasteiger charge is -2.23. The summed E-state index contributed by atoms with van der Waals surface area (Å²) in [5, 5.41) is 0.633. The van der Waals surface area contributed by atoms with Crippen molar-refractivity contribution in [3.05, 3.63) is 76.3 Å². The van der Waals surface area contributed by atoms with Crippen molar-refractivity contribution in [1.82, 2.24) is 9.55 Å². The lowest BCUT2D eigenvalue weighted by molar-refractivity contribution is 0.521. The number of aryl methyl sites for hydroxylation is 1. The molecule has 0 fully saturated rings. The fraction of sp³-hybridized carbons (Fsp3) is 0.414. The van der Waals surface area contributed by atoms with Crippen molar-refractivity contribution in [2.75, 3.05) is 6.67 Å². The van der Waals surface area contributed by atoms with Crippen LogP contribution in [0, 0.1) is 0 Å². The van der Waals surface area contributed by atoms with Gasteiger partial charge in [-0.2, -0.15) is 0 Å². The summed E-state index contributed by atoms with van der Waals surface area (Å²) in [6.07, 6.45) is 5.06. The molecule has 3 aromatic rings. The van der Waals surface area contributed by atoms with Crippen LogP contribution in [0.15, 0.2) is 58.5 Å². The van der Waals surface area contributed by atoms with Crippen LogP contribution in [0.1, 0.15) is 78.0 Å². The molecule has 34 heavy (non-hydrogen) atoms. The molecule has 4 nitrogen and oxygen atoms in total. The Kier molecular flexibility index (Phi) is 9.40. The first-order valence-electron chi connectivity index (χ1n) is 11.4. The molecule has 0 spiro atoms. The summed E-state index contributed by atoms with van der Waals surface area (Å²) in [6.45, 7) is 10.1. The maximum Gasteiger partial charge on any atom is 0.151 e. The molecule has 0 bridgehead atoms. The van der Waals surface area contributed by atoms with E-state index in [1.807, 2.05) is 6.21 Å². The molecule has 0 aliphatic carbocycles. The minimum absolute atomic E-state index is 0. The number of rotatable bonds is 7. The number of hydrogen-bond acceptors (Lipinski definition) is 3. The lowest BCUT2D eigenvalue weighted by Crippen LogP contribution is -2.20. The van der Waals surface area contributed by atoms with Gasteiger partial charge in [0.05, 0.1) is 11.4 Å². The Labute approximate surface area is 210 Å². The van der Waals surface area contributed by atoms with E-state index in [1.54, 1.807) is 0 Å². The van der Waals surface area contributed by atoms with Crippen molar-refractivity contribution >= 4 is 23.5 Å². The van der Waals surface area contributed by atoms with Crippen LogP contribution in [-0.2, 0) is 18.4 Å². The number of unbranched alkanes of at least 4 members (excludes halogenated alkanes) is 1. The van der Waals surface area contributed by atoms with Crippen LogP contribution in [0.5, 0.6) is 0 Å². The monoisotopic (exact) mass is 478 g/mol. The summed E-state index contributed by atoms with van der Waals surface area (Å²) in [5.74, 6) is 1.08. The van der Waals surface area contributed by atoms with Gasteiger partial charge in [0.25, 0.3) is 0 Å². The van der Waals surface area contributed by atoms with Gasteiger partial charge in [-0.25, -0.2) is 4.98 Å². The quantitative estimate of drug-likeness (QED) is 0.339. The molecule has 2 heterocycles. The Hall–Kier alpha value is -2.72. The van der Waals surface area contributed by atoms with Crippen LogP contribution >= 0.6 is 11.6 Å². The molecule has 0 amide bonds. The highest BCUT2D eigenvalue weighted by atomic mass is 35.5. The second kappa shape index (κ2) is 11.6. The van der Waals surface area contributed by atoms with Crippen LogP contribution < -0.4 is 0 Å². The third kappa shape index (κ3) is 5.85. The largest absolute Gasteiger partial charge is 0.326 e. The van der Waals surface area contributed by atoms with Gasteiger partial charge in [-0.1, -0.05) is 109 Å². The third-order valence-electron chi connectivity index (χ3n) is 5.81. The second-order valence-electron chi connectivity index (χ2n) is 9.35. The van der Waals surface area contributed by atoms with Gasteiger partial charge in [-0.05, 0) is 23.1 Å². The van der Waals surface area contributed by atoms with E-state index in [2.05, 4.69) is 90.8 Å². The highest BCUT2D eigenvalue weighted by Gasteiger charge is 2.26. The van der Waals surface area contributed by atoms with Crippen LogP contribution in [0.4, 0.5) is 0 Å². The van der Waals surface area contributed by atoms with E-state index >= 15 is 0 Å². The zero-order valence-corrected chi connectivity index (χ0v) is 20.2. The first-order chi connectivity index (χ1) is 15.4. The van der Waals surface area contributed by atoms with Gasteiger partial charge in [-0.15, -0.1) is 0 Å². The maximum atomic E-state index is 6.61. The number of imidazole rings is 1. The molecule has 0 saturated carbocycles. The summed E-state index contributed by atoms with van der Waals surface area (Å²) >= 11 is 6.61. The number of nitrogens with zero attached hydrogens (tertiary/aromatic N) is 4. The summed E-state index contributed by atoms with van der Waals surface area (Å²) in [5.41, 5.74) is 6.71. The Balaban J connectivity index is 0.00000204. The predicted octanol–water partition coefficient (Wildman–Crippen LogP) is 8.00. The molecule has 0 atom stereocenters. The zero-order valence-electron chi connectivity index (χ0n) is 19.4. The van der Waals surface area contributed by atoms with Gasteiger partial charge in [0.2, 0.25) is 0 Å². The van der Waals surface area contributed by atoms with Crippen LogP contribution in [0.2, 0.25) is 5.15 Å². The Morgan fingerprint density at radius 2 is 1.65 bits per heavy atom. The van der Waals surface area contributed by atoms with Gasteiger partial charge in [-0.3, -0.25) is 9.98 Å². The van der Waals surface area contributed by atoms with E-state index in [1.165, 1.54) is 16.7 Å². The first kappa shape index (κ1) is 27.5. The molecule has 4 rings (SSSR count). The van der Waals surface area contributed by atoms with Crippen molar-refractivity contribution in [3.63, 3.8) is 0 Å². The standard InChI is InChI=1S/C27H31ClN4.2CH4/c1-5-6-11-24-31-26(28)25(27(2,3)4)32(24)17-19-12-14-20(15-13-19)21-9-7-8-10-22(21)23-16-29-18-30-23;;/h7-10,12-16H,5-6,11,17-18H2,1-4H3;2*1H4. The predicted molar refractivity (Wildman–Crippen MR) is 149 cm³/mol. The van der Waals surface area contributed by atoms with Crippen molar-refractivity contribution in [1.29, 1.82) is 0 Å². The Morgan fingerprint density at radius 3 is 2.24 bits per heavy atom. The molecule has 1 aliphatic heterocycles. The molecule has 5 heteroatoms. The van der Waals surface area contributed by atoms with Gasteiger partial charge in [0.1, 0.15) is 12.5 Å². The molecule has 0 radical (unpaired) electrons. The number of hydrogen-bond donors (Lipinski definition) is 0. The van der Waals surface area contributed by atoms with E-state index in [0.717, 1.165) is 48.6 Å². The summed E-state index contributed by atoms with van der Waals surface area (Å²) < 4.78 is 2.32. The van der Waals surface area contributed by atoms with Crippen molar-refractivity contribution in [2.24, 2.45) is 9.98 Å². The van der Waals surface area contributed by atoms with Crippen LogP contribution in [0.25, 0.3) is 11.1 Å². The fourth-order valence-corrected chi connectivity index (χ4v) is 4.73. The smallest absolute Gasteiger partial charge is 0.151 e. The van der Waals surface area contributed by atoms with E-state index < -0.39 is 0 Å². The fourth-order valence-electron chi connectivity index (χ4n) is 4.25. The van der Waals surface area contributed by atoms with Crippen LogP contribution in [-0.4, -0.2) is 28.1 Å². The molecule has 2 aromatic carbocycles. The zero-order chi connectivity index (χ0) is 22.7. The maximum absolute atomic E-state index is 6.61. The molecule has 0 saturated heterocycles. The number of halogens is 1. The number of aliphatic imine (C=N–C) groups is 2. The Morgan fingerprint density at radius 1 is 0.971 bits per heavy atom. The average Bonchev–Trinajstić information content (AvgIpc) is 3.41. The molecule has 1 aromatic heterocycles. The summed E-state index contributed by atoms with van der Waals surface area (Å²) in [7, 11) is 0. The minimum Gasteiger partial charge on any atom is -0.326 e. The second-order valence-corrected chi connectivity index (χ2v) is 9.70. The van der Waals surface area contributed by atoms with E-state index in [0.29, 0.717) is 11.8 Å². The van der Waals surface area contributed by atoms with E-state index in [4.69, 9.17) is 16.6 Å². The van der Waals surface area contributed by atoms with Gasteiger partial charge < -0.3 is 4.57 Å². The van der Waals surface area contributed by atoms with E-state index in [9.17, 15) is 0 Å². The third-order valence-corrected chi connectivity index (χ3v) is 6.08. The van der Waals surface area contributed by atoms with Gasteiger partial charge in [0.15, 0.2) is 5.15 Å².